The maximum atomic E-state index is 13.9. The minimum Gasteiger partial charge on any atom is -0.461 e. The Hall–Kier alpha value is -4.23. The summed E-state index contributed by atoms with van der Waals surface area (Å²) in [7, 11) is 0. The summed E-state index contributed by atoms with van der Waals surface area (Å²) in [5, 5.41) is 2.48. The fourth-order valence-electron chi connectivity index (χ4n) is 8.08. The van der Waals surface area contributed by atoms with Gasteiger partial charge in [0, 0.05) is 42.8 Å². The molecule has 3 fully saturated rings. The third-order valence-electron chi connectivity index (χ3n) is 10.3. The van der Waals surface area contributed by atoms with Gasteiger partial charge >= 0.3 is 6.01 Å². The van der Waals surface area contributed by atoms with Gasteiger partial charge in [-0.3, -0.25) is 9.69 Å². The van der Waals surface area contributed by atoms with Crippen LogP contribution in [0.25, 0.3) is 15.6 Å². The Balaban J connectivity index is 1.23. The highest BCUT2D eigenvalue weighted by Gasteiger charge is 2.45. The summed E-state index contributed by atoms with van der Waals surface area (Å²) >= 11 is 0. The minimum atomic E-state index is -0.996. The van der Waals surface area contributed by atoms with E-state index in [0.29, 0.717) is 32.3 Å². The zero-order valence-electron chi connectivity index (χ0n) is 26.0. The van der Waals surface area contributed by atoms with Crippen LogP contribution in [0.1, 0.15) is 42.5 Å². The Morgan fingerprint density at radius 2 is 1.87 bits per heavy atom. The van der Waals surface area contributed by atoms with E-state index >= 15 is 0 Å². The summed E-state index contributed by atoms with van der Waals surface area (Å²) in [6.07, 6.45) is 5.39. The topological polar surface area (TPSA) is 69.4 Å². The Morgan fingerprint density at radius 1 is 1.09 bits per heavy atom. The number of hydrogen-bond acceptors (Lipinski definition) is 7. The van der Waals surface area contributed by atoms with Gasteiger partial charge in [-0.25, -0.2) is 11.0 Å². The molecule has 0 radical (unpaired) electrons. The summed E-state index contributed by atoms with van der Waals surface area (Å²) in [4.78, 5) is 34.8. The van der Waals surface area contributed by atoms with Gasteiger partial charge in [0.15, 0.2) is 5.83 Å². The van der Waals surface area contributed by atoms with Gasteiger partial charge in [-0.2, -0.15) is 9.97 Å². The number of ether oxygens (including phenoxy) is 1. The number of aromatic nitrogens is 2. The molecule has 5 heterocycles. The van der Waals surface area contributed by atoms with Crippen LogP contribution in [0.3, 0.4) is 0 Å². The highest BCUT2D eigenvalue weighted by Crippen LogP contribution is 2.40. The van der Waals surface area contributed by atoms with E-state index in [2.05, 4.69) is 69.4 Å². The fourth-order valence-corrected chi connectivity index (χ4v) is 8.08. The van der Waals surface area contributed by atoms with Gasteiger partial charge in [-0.1, -0.05) is 36.9 Å². The highest BCUT2D eigenvalue weighted by molar-refractivity contribution is 5.97. The van der Waals surface area contributed by atoms with Gasteiger partial charge in [-0.05, 0) is 69.1 Å². The molecule has 0 unspecified atom stereocenters. The largest absolute Gasteiger partial charge is 0.461 e. The van der Waals surface area contributed by atoms with Crippen molar-refractivity contribution in [3.63, 3.8) is 0 Å². The number of hydrogen-bond donors (Lipinski definition) is 0. The number of amides is 1. The molecule has 4 aliphatic heterocycles. The molecule has 234 valence electrons. The number of rotatable bonds is 7. The number of aryl methyl sites for hydroxylation is 1. The van der Waals surface area contributed by atoms with Gasteiger partial charge in [0.2, 0.25) is 6.54 Å². The molecule has 0 spiro atoms. The van der Waals surface area contributed by atoms with E-state index in [4.69, 9.17) is 21.3 Å². The maximum absolute atomic E-state index is 13.9. The van der Waals surface area contributed by atoms with Crippen molar-refractivity contribution >= 4 is 28.2 Å². The van der Waals surface area contributed by atoms with Crippen LogP contribution >= 0.6 is 0 Å². The molecule has 0 aliphatic carbocycles. The lowest BCUT2D eigenvalue weighted by molar-refractivity contribution is -0.131. The van der Waals surface area contributed by atoms with Gasteiger partial charge in [0.25, 0.3) is 5.91 Å². The molecule has 1 amide bonds. The van der Waals surface area contributed by atoms with Crippen LogP contribution in [-0.2, 0) is 17.8 Å². The van der Waals surface area contributed by atoms with Crippen LogP contribution in [0.15, 0.2) is 48.8 Å². The predicted molar refractivity (Wildman–Crippen MR) is 173 cm³/mol. The maximum Gasteiger partial charge on any atom is 0.318 e. The van der Waals surface area contributed by atoms with Gasteiger partial charge < -0.3 is 24.3 Å². The molecule has 45 heavy (non-hydrogen) atoms. The van der Waals surface area contributed by atoms with Crippen molar-refractivity contribution in [1.29, 1.82) is 0 Å². The molecule has 7 rings (SSSR count). The van der Waals surface area contributed by atoms with Crippen molar-refractivity contribution in [3.05, 3.63) is 77.0 Å². The first kappa shape index (κ1) is 29.5. The first-order valence-electron chi connectivity index (χ1n) is 16.1. The van der Waals surface area contributed by atoms with Crippen LogP contribution in [0.4, 0.5) is 15.9 Å². The van der Waals surface area contributed by atoms with E-state index in [1.807, 2.05) is 0 Å². The number of halogens is 1. The third-order valence-corrected chi connectivity index (χ3v) is 10.3. The van der Waals surface area contributed by atoms with Crippen LogP contribution in [0.5, 0.6) is 6.01 Å². The van der Waals surface area contributed by atoms with Crippen molar-refractivity contribution < 1.29 is 13.9 Å². The molecule has 4 aliphatic rings. The number of piperazine rings is 1. The zero-order chi connectivity index (χ0) is 31.1. The van der Waals surface area contributed by atoms with Crippen LogP contribution in [0, 0.1) is 13.5 Å². The summed E-state index contributed by atoms with van der Waals surface area (Å²) in [6.45, 7) is 18.3. The van der Waals surface area contributed by atoms with Crippen molar-refractivity contribution in [2.24, 2.45) is 0 Å². The Labute approximate surface area is 264 Å². The monoisotopic (exact) mass is 609 g/mol. The lowest BCUT2D eigenvalue weighted by Crippen LogP contribution is -2.57. The number of anilines is 2. The van der Waals surface area contributed by atoms with E-state index in [1.54, 1.807) is 0 Å². The van der Waals surface area contributed by atoms with Crippen LogP contribution in [0.2, 0.25) is 0 Å². The highest BCUT2D eigenvalue weighted by atomic mass is 19.1. The zero-order valence-corrected chi connectivity index (χ0v) is 26.0. The lowest BCUT2D eigenvalue weighted by Gasteiger charge is -2.41. The van der Waals surface area contributed by atoms with E-state index < -0.39 is 17.8 Å². The van der Waals surface area contributed by atoms with Crippen molar-refractivity contribution in [1.82, 2.24) is 19.8 Å². The SMILES string of the molecule is [C-]#[N+]C[C@H]1CN(c2nc(OCC34CCCN3CCC4)nc3c2CCN(c2cccc4cccc(C)c24)C3)CCN1C(=O)C(=C)F. The standard InChI is InChI=1S/C35H40FN7O2/c1-24-8-4-9-26-10-5-11-30(31(24)26)40-17-12-28-29(22-40)38-34(45-23-35-13-6-15-42(35)16-7-14-35)39-32(28)41-18-19-43(33(44)25(2)36)27(21-41)20-37-3/h4-5,8-11,27H,2,6-7,12-23H2,1H3/t27-/m0/s1. The van der Waals surface area contributed by atoms with E-state index in [0.717, 1.165) is 56.0 Å². The Kier molecular flexibility index (Phi) is 7.82. The molecule has 1 aromatic heterocycles. The number of nitrogens with zero attached hydrogens (tertiary/aromatic N) is 7. The summed E-state index contributed by atoms with van der Waals surface area (Å²) in [5.74, 6) is -0.934. The average Bonchev–Trinajstić information content (AvgIpc) is 3.63. The smallest absolute Gasteiger partial charge is 0.318 e. The predicted octanol–water partition coefficient (Wildman–Crippen LogP) is 4.93. The molecule has 9 nitrogen and oxygen atoms in total. The molecule has 1 atom stereocenters. The number of carbonyl (C=O) groups is 1. The summed E-state index contributed by atoms with van der Waals surface area (Å²) < 4.78 is 20.4. The Bertz CT molecular complexity index is 1670. The quantitative estimate of drug-likeness (QED) is 0.278. The van der Waals surface area contributed by atoms with Crippen LogP contribution < -0.4 is 14.5 Å². The summed E-state index contributed by atoms with van der Waals surface area (Å²) in [5.41, 5.74) is 4.52. The van der Waals surface area contributed by atoms with E-state index in [-0.39, 0.29) is 18.6 Å². The molecular weight excluding hydrogens is 569 g/mol. The average molecular weight is 610 g/mol. The molecule has 0 N–H and O–H groups in total. The molecule has 3 saturated heterocycles. The molecule has 0 bridgehead atoms. The number of benzene rings is 2. The third kappa shape index (κ3) is 5.37. The molecule has 0 saturated carbocycles. The van der Waals surface area contributed by atoms with Gasteiger partial charge in [0.1, 0.15) is 18.5 Å². The fraction of sp³-hybridized carbons (Fsp3) is 0.486. The number of carbonyl (C=O) groups excluding carboxylic acids is 1. The van der Waals surface area contributed by atoms with Gasteiger partial charge in [0.05, 0.1) is 17.8 Å². The second kappa shape index (κ2) is 11.9. The molecule has 10 heteroatoms. The van der Waals surface area contributed by atoms with Crippen molar-refractivity contribution in [2.75, 3.05) is 62.2 Å². The first-order valence-corrected chi connectivity index (χ1v) is 16.1. The van der Waals surface area contributed by atoms with Crippen molar-refractivity contribution in [2.45, 2.75) is 57.2 Å². The number of fused-ring (bicyclic) bond motifs is 3. The molecule has 2 aromatic carbocycles. The van der Waals surface area contributed by atoms with Crippen molar-refractivity contribution in [3.8, 4) is 6.01 Å². The second-order valence-corrected chi connectivity index (χ2v) is 12.9. The Morgan fingerprint density at radius 3 is 2.62 bits per heavy atom. The molecule has 3 aromatic rings. The van der Waals surface area contributed by atoms with Gasteiger partial charge in [-0.15, -0.1) is 0 Å². The lowest BCUT2D eigenvalue weighted by atomic mass is 9.95. The van der Waals surface area contributed by atoms with Crippen LogP contribution in [-0.4, -0.2) is 89.7 Å². The van der Waals surface area contributed by atoms with E-state index in [1.165, 1.54) is 39.8 Å². The molecular formula is C35H40FN7O2. The second-order valence-electron chi connectivity index (χ2n) is 12.9. The normalized spacial score (nSPS) is 21.0. The van der Waals surface area contributed by atoms with E-state index in [9.17, 15) is 9.18 Å². The summed E-state index contributed by atoms with van der Waals surface area (Å²) in [6, 6.07) is 12.8. The minimum absolute atomic E-state index is 0.0629. The first-order chi connectivity index (χ1) is 21.9.